The van der Waals surface area contributed by atoms with Crippen molar-refractivity contribution in [3.8, 4) is 0 Å². The molecule has 3 N–H and O–H groups in total. The predicted octanol–water partition coefficient (Wildman–Crippen LogP) is 2.14. The van der Waals surface area contributed by atoms with Gasteiger partial charge in [-0.25, -0.2) is 10.2 Å². The van der Waals surface area contributed by atoms with Crippen molar-refractivity contribution < 1.29 is 4.39 Å². The van der Waals surface area contributed by atoms with Gasteiger partial charge in [-0.05, 0) is 45.4 Å². The third-order valence-electron chi connectivity index (χ3n) is 1.96. The lowest BCUT2D eigenvalue weighted by Gasteiger charge is -2.16. The van der Waals surface area contributed by atoms with E-state index in [9.17, 15) is 4.39 Å². The predicted molar refractivity (Wildman–Crippen MR) is 64.8 cm³/mol. The molecule has 0 bridgehead atoms. The Morgan fingerprint density at radius 1 is 1.38 bits per heavy atom. The van der Waals surface area contributed by atoms with Gasteiger partial charge in [0.15, 0.2) is 0 Å². The average molecular weight is 223 g/mol. The molecule has 1 rings (SSSR count). The topological polar surface area (TPSA) is 50.4 Å². The molecule has 0 atom stereocenters. The molecule has 4 heteroatoms. The van der Waals surface area contributed by atoms with E-state index >= 15 is 0 Å². The van der Waals surface area contributed by atoms with Crippen molar-refractivity contribution in [3.63, 3.8) is 0 Å². The maximum absolute atomic E-state index is 13.7. The Bertz CT molecular complexity index is 405. The summed E-state index contributed by atoms with van der Waals surface area (Å²) in [5.41, 5.74) is 3.40. The quantitative estimate of drug-likeness (QED) is 0.332. The first-order chi connectivity index (χ1) is 7.33. The number of hydrogen-bond acceptors (Lipinski definition) is 2. The molecule has 0 unspecified atom stereocenters. The second-order valence-corrected chi connectivity index (χ2v) is 4.76. The molecule has 0 aliphatic rings. The second-order valence-electron chi connectivity index (χ2n) is 4.76. The van der Waals surface area contributed by atoms with Crippen LogP contribution in [-0.4, -0.2) is 11.4 Å². The Hall–Kier alpha value is -1.42. The molecule has 0 aliphatic carbocycles. The minimum atomic E-state index is -0.319. The Balaban J connectivity index is 3.19. The largest absolute Gasteiger partial charge is 0.308 e. The van der Waals surface area contributed by atoms with Crippen LogP contribution in [0.5, 0.6) is 0 Å². The molecule has 0 aliphatic heterocycles. The highest BCUT2D eigenvalue weighted by Gasteiger charge is 2.13. The zero-order valence-electron chi connectivity index (χ0n) is 10.1. The van der Waals surface area contributed by atoms with Crippen molar-refractivity contribution in [2.75, 3.05) is 0 Å². The summed E-state index contributed by atoms with van der Waals surface area (Å²) in [6.45, 7) is 7.62. The second kappa shape index (κ2) is 4.61. The highest BCUT2D eigenvalue weighted by molar-refractivity contribution is 5.98. The van der Waals surface area contributed by atoms with Crippen molar-refractivity contribution >= 4 is 5.84 Å². The van der Waals surface area contributed by atoms with Gasteiger partial charge < -0.3 is 5.43 Å². The molecule has 0 fully saturated rings. The van der Waals surface area contributed by atoms with E-state index in [0.717, 1.165) is 5.56 Å². The van der Waals surface area contributed by atoms with Crippen molar-refractivity contribution in [1.29, 1.82) is 0 Å². The lowest BCUT2D eigenvalue weighted by atomic mass is 10.1. The number of nitrogens with one attached hydrogen (secondary N) is 1. The highest BCUT2D eigenvalue weighted by atomic mass is 19.1. The van der Waals surface area contributed by atoms with E-state index in [4.69, 9.17) is 5.84 Å². The van der Waals surface area contributed by atoms with Crippen molar-refractivity contribution in [2.24, 2.45) is 10.8 Å². The fraction of sp³-hybridized carbons (Fsp3) is 0.417. The van der Waals surface area contributed by atoms with Crippen LogP contribution in [0.2, 0.25) is 0 Å². The summed E-state index contributed by atoms with van der Waals surface area (Å²) in [5, 5.41) is 0. The van der Waals surface area contributed by atoms with Gasteiger partial charge in [-0.2, -0.15) is 0 Å². The molecule has 1 aromatic carbocycles. The van der Waals surface area contributed by atoms with Crippen LogP contribution in [0.25, 0.3) is 0 Å². The summed E-state index contributed by atoms with van der Waals surface area (Å²) in [6, 6.07) is 4.97. The summed E-state index contributed by atoms with van der Waals surface area (Å²) in [6.07, 6.45) is 0. The summed E-state index contributed by atoms with van der Waals surface area (Å²) < 4.78 is 13.7. The summed E-state index contributed by atoms with van der Waals surface area (Å²) in [7, 11) is 0. The Kier molecular flexibility index (Phi) is 3.65. The van der Waals surface area contributed by atoms with Gasteiger partial charge in [-0.15, -0.1) is 0 Å². The summed E-state index contributed by atoms with van der Waals surface area (Å²) in [4.78, 5) is 4.33. The number of hydrazine groups is 1. The van der Waals surface area contributed by atoms with Crippen molar-refractivity contribution in [2.45, 2.75) is 33.2 Å². The third kappa shape index (κ3) is 3.31. The molecule has 0 aromatic heterocycles. The van der Waals surface area contributed by atoms with Gasteiger partial charge in [0.2, 0.25) is 0 Å². The number of benzene rings is 1. The van der Waals surface area contributed by atoms with E-state index < -0.39 is 0 Å². The molecule has 0 heterocycles. The number of rotatable bonds is 1. The van der Waals surface area contributed by atoms with Gasteiger partial charge in [0, 0.05) is 0 Å². The number of nitrogens with two attached hydrogens (primary N) is 1. The van der Waals surface area contributed by atoms with E-state index in [1.165, 1.54) is 6.07 Å². The molecular formula is C12H18FN3. The molecule has 0 amide bonds. The number of hydrogen-bond donors (Lipinski definition) is 2. The maximum Gasteiger partial charge on any atom is 0.146 e. The van der Waals surface area contributed by atoms with Crippen LogP contribution in [0.1, 0.15) is 31.9 Å². The molecule has 0 saturated carbocycles. The van der Waals surface area contributed by atoms with Crippen LogP contribution in [0.15, 0.2) is 23.2 Å². The van der Waals surface area contributed by atoms with E-state index in [0.29, 0.717) is 11.4 Å². The lowest BCUT2D eigenvalue weighted by molar-refractivity contribution is 0.577. The van der Waals surface area contributed by atoms with Crippen LogP contribution < -0.4 is 11.3 Å². The van der Waals surface area contributed by atoms with E-state index in [2.05, 4.69) is 10.4 Å². The molecule has 3 nitrogen and oxygen atoms in total. The zero-order chi connectivity index (χ0) is 12.3. The van der Waals surface area contributed by atoms with Gasteiger partial charge in [-0.1, -0.05) is 6.07 Å². The number of halogens is 1. The minimum Gasteiger partial charge on any atom is -0.308 e. The average Bonchev–Trinajstić information content (AvgIpc) is 2.13. The molecule has 0 spiro atoms. The number of aryl methyl sites for hydroxylation is 1. The van der Waals surface area contributed by atoms with Gasteiger partial charge >= 0.3 is 0 Å². The number of amidine groups is 1. The SMILES string of the molecule is Cc1ccc(C(=NC(C)(C)C)NN)c(F)c1. The normalized spacial score (nSPS) is 12.8. The molecule has 16 heavy (non-hydrogen) atoms. The van der Waals surface area contributed by atoms with Crippen LogP contribution in [0.3, 0.4) is 0 Å². The molecule has 1 aromatic rings. The Morgan fingerprint density at radius 3 is 2.44 bits per heavy atom. The van der Waals surface area contributed by atoms with Gasteiger partial charge in [0.05, 0.1) is 11.1 Å². The van der Waals surface area contributed by atoms with E-state index in [-0.39, 0.29) is 11.4 Å². The minimum absolute atomic E-state index is 0.307. The monoisotopic (exact) mass is 223 g/mol. The molecule has 88 valence electrons. The Morgan fingerprint density at radius 2 is 2.00 bits per heavy atom. The number of aliphatic imine (C=N–C) groups is 1. The van der Waals surface area contributed by atoms with Gasteiger partial charge in [-0.3, -0.25) is 4.99 Å². The Labute approximate surface area is 95.5 Å². The van der Waals surface area contributed by atoms with Crippen LogP contribution >= 0.6 is 0 Å². The maximum atomic E-state index is 13.7. The standard InChI is InChI=1S/C12H18FN3/c1-8-5-6-9(10(13)7-8)11(16-14)15-12(2,3)4/h5-7H,14H2,1-4H3,(H,15,16). The van der Waals surface area contributed by atoms with Crippen molar-refractivity contribution in [1.82, 2.24) is 5.43 Å². The van der Waals surface area contributed by atoms with Crippen LogP contribution in [-0.2, 0) is 0 Å². The molecular weight excluding hydrogens is 205 g/mol. The first-order valence-corrected chi connectivity index (χ1v) is 5.16. The number of nitrogens with zero attached hydrogens (tertiary/aromatic N) is 1. The fourth-order valence-electron chi connectivity index (χ4n) is 1.32. The summed E-state index contributed by atoms with van der Waals surface area (Å²) in [5.74, 6) is 5.42. The van der Waals surface area contributed by atoms with Crippen molar-refractivity contribution in [3.05, 3.63) is 35.1 Å². The smallest absolute Gasteiger partial charge is 0.146 e. The van der Waals surface area contributed by atoms with Gasteiger partial charge in [0.25, 0.3) is 0 Å². The van der Waals surface area contributed by atoms with Gasteiger partial charge in [0.1, 0.15) is 11.7 Å². The molecule has 0 radical (unpaired) electrons. The fourth-order valence-corrected chi connectivity index (χ4v) is 1.32. The van der Waals surface area contributed by atoms with Crippen LogP contribution in [0.4, 0.5) is 4.39 Å². The van der Waals surface area contributed by atoms with E-state index in [1.54, 1.807) is 6.07 Å². The zero-order valence-corrected chi connectivity index (χ0v) is 10.1. The first kappa shape index (κ1) is 12.6. The van der Waals surface area contributed by atoms with Crippen LogP contribution in [0, 0.1) is 12.7 Å². The first-order valence-electron chi connectivity index (χ1n) is 5.16. The lowest BCUT2D eigenvalue weighted by Crippen LogP contribution is -2.34. The molecule has 0 saturated heterocycles. The third-order valence-corrected chi connectivity index (χ3v) is 1.96. The van der Waals surface area contributed by atoms with E-state index in [1.807, 2.05) is 33.8 Å². The summed E-state index contributed by atoms with van der Waals surface area (Å²) >= 11 is 0. The highest BCUT2D eigenvalue weighted by Crippen LogP contribution is 2.13.